The van der Waals surface area contributed by atoms with Gasteiger partial charge in [0.25, 0.3) is 0 Å². The molecule has 14 heavy (non-hydrogen) atoms. The van der Waals surface area contributed by atoms with Gasteiger partial charge in [0.15, 0.2) is 0 Å². The number of carbonyl (C=O) groups excluding carboxylic acids is 1. The molecule has 0 amide bonds. The smallest absolute Gasteiger partial charge is 0.330 e. The zero-order valence-electron chi connectivity index (χ0n) is 8.14. The summed E-state index contributed by atoms with van der Waals surface area (Å²) in [5.41, 5.74) is 0.751. The van der Waals surface area contributed by atoms with Crippen molar-refractivity contribution in [1.82, 2.24) is 4.98 Å². The average molecular weight is 191 g/mol. The third kappa shape index (κ3) is 3.85. The van der Waals surface area contributed by atoms with E-state index in [2.05, 4.69) is 4.98 Å². The summed E-state index contributed by atoms with van der Waals surface area (Å²) in [5, 5.41) is 0. The van der Waals surface area contributed by atoms with Gasteiger partial charge in [-0.25, -0.2) is 4.79 Å². The van der Waals surface area contributed by atoms with Gasteiger partial charge in [0.2, 0.25) is 0 Å². The maximum absolute atomic E-state index is 11.0. The SMILES string of the molecule is CCCOC(=O)/C=C/c1ccccn1. The predicted molar refractivity (Wildman–Crippen MR) is 54.5 cm³/mol. The second kappa shape index (κ2) is 5.91. The zero-order chi connectivity index (χ0) is 10.2. The minimum Gasteiger partial charge on any atom is -0.463 e. The van der Waals surface area contributed by atoms with Gasteiger partial charge in [0.05, 0.1) is 12.3 Å². The van der Waals surface area contributed by atoms with Crippen molar-refractivity contribution in [3.63, 3.8) is 0 Å². The summed E-state index contributed by atoms with van der Waals surface area (Å²) >= 11 is 0. The van der Waals surface area contributed by atoms with E-state index in [1.165, 1.54) is 6.08 Å². The minimum atomic E-state index is -0.322. The Kier molecular flexibility index (Phi) is 4.41. The topological polar surface area (TPSA) is 39.2 Å². The number of pyridine rings is 1. The number of hydrogen-bond acceptors (Lipinski definition) is 3. The average Bonchev–Trinajstić information content (AvgIpc) is 2.25. The molecule has 3 nitrogen and oxygen atoms in total. The number of nitrogens with zero attached hydrogens (tertiary/aromatic N) is 1. The van der Waals surface area contributed by atoms with Crippen LogP contribution in [0.3, 0.4) is 0 Å². The Morgan fingerprint density at radius 2 is 2.43 bits per heavy atom. The Hall–Kier alpha value is -1.64. The first-order valence-electron chi connectivity index (χ1n) is 4.59. The van der Waals surface area contributed by atoms with Crippen molar-refractivity contribution in [2.24, 2.45) is 0 Å². The maximum Gasteiger partial charge on any atom is 0.330 e. The lowest BCUT2D eigenvalue weighted by Crippen LogP contribution is -2.00. The quantitative estimate of drug-likeness (QED) is 0.540. The molecule has 0 aliphatic rings. The van der Waals surface area contributed by atoms with Gasteiger partial charge in [-0.3, -0.25) is 4.98 Å². The van der Waals surface area contributed by atoms with E-state index in [4.69, 9.17) is 4.74 Å². The first-order chi connectivity index (χ1) is 6.83. The number of esters is 1. The monoisotopic (exact) mass is 191 g/mol. The molecule has 1 aromatic heterocycles. The van der Waals surface area contributed by atoms with Gasteiger partial charge < -0.3 is 4.74 Å². The molecule has 0 aromatic carbocycles. The molecule has 0 bridgehead atoms. The van der Waals surface area contributed by atoms with Crippen molar-refractivity contribution in [1.29, 1.82) is 0 Å². The summed E-state index contributed by atoms with van der Waals surface area (Å²) in [6.07, 6.45) is 5.54. The molecule has 0 saturated carbocycles. The van der Waals surface area contributed by atoms with Gasteiger partial charge in [0, 0.05) is 12.3 Å². The Balaban J connectivity index is 2.44. The van der Waals surface area contributed by atoms with E-state index >= 15 is 0 Å². The van der Waals surface area contributed by atoms with E-state index in [0.717, 1.165) is 12.1 Å². The fraction of sp³-hybridized carbons (Fsp3) is 0.273. The number of carbonyl (C=O) groups is 1. The Bertz CT molecular complexity index is 306. The summed E-state index contributed by atoms with van der Waals surface area (Å²) in [7, 11) is 0. The number of aromatic nitrogens is 1. The van der Waals surface area contributed by atoms with Crippen molar-refractivity contribution in [3.05, 3.63) is 36.2 Å². The van der Waals surface area contributed by atoms with Gasteiger partial charge in [-0.1, -0.05) is 13.0 Å². The first-order valence-corrected chi connectivity index (χ1v) is 4.59. The van der Waals surface area contributed by atoms with Crippen molar-refractivity contribution in [2.45, 2.75) is 13.3 Å². The highest BCUT2D eigenvalue weighted by Crippen LogP contribution is 1.96. The molecule has 0 spiro atoms. The third-order valence-electron chi connectivity index (χ3n) is 1.53. The van der Waals surface area contributed by atoms with Crippen LogP contribution in [0.4, 0.5) is 0 Å². The Morgan fingerprint density at radius 1 is 1.57 bits per heavy atom. The van der Waals surface area contributed by atoms with E-state index in [0.29, 0.717) is 6.61 Å². The molecule has 0 atom stereocenters. The lowest BCUT2D eigenvalue weighted by atomic mass is 10.3. The summed E-state index contributed by atoms with van der Waals surface area (Å²) in [6, 6.07) is 5.51. The van der Waals surface area contributed by atoms with Gasteiger partial charge in [0.1, 0.15) is 0 Å². The van der Waals surface area contributed by atoms with E-state index in [9.17, 15) is 4.79 Å². The molecule has 0 saturated heterocycles. The zero-order valence-corrected chi connectivity index (χ0v) is 8.14. The summed E-state index contributed by atoms with van der Waals surface area (Å²) < 4.78 is 4.86. The van der Waals surface area contributed by atoms with Crippen LogP contribution in [0.2, 0.25) is 0 Å². The molecule has 0 aliphatic heterocycles. The van der Waals surface area contributed by atoms with Crippen LogP contribution in [0, 0.1) is 0 Å². The Labute approximate surface area is 83.4 Å². The van der Waals surface area contributed by atoms with Gasteiger partial charge in [-0.2, -0.15) is 0 Å². The molecule has 1 heterocycles. The van der Waals surface area contributed by atoms with Crippen molar-refractivity contribution in [2.75, 3.05) is 6.61 Å². The van der Waals surface area contributed by atoms with Crippen molar-refractivity contribution >= 4 is 12.0 Å². The summed E-state index contributed by atoms with van der Waals surface area (Å²) in [4.78, 5) is 15.1. The lowest BCUT2D eigenvalue weighted by Gasteiger charge is -1.96. The van der Waals surface area contributed by atoms with Crippen LogP contribution in [-0.4, -0.2) is 17.6 Å². The molecule has 0 unspecified atom stereocenters. The molecule has 1 rings (SSSR count). The van der Waals surface area contributed by atoms with E-state index in [1.54, 1.807) is 12.3 Å². The fourth-order valence-electron chi connectivity index (χ4n) is 0.879. The van der Waals surface area contributed by atoms with Crippen LogP contribution in [0.1, 0.15) is 19.0 Å². The van der Waals surface area contributed by atoms with Crippen LogP contribution in [-0.2, 0) is 9.53 Å². The van der Waals surface area contributed by atoms with Crippen LogP contribution in [0.5, 0.6) is 0 Å². The molecule has 0 aliphatic carbocycles. The second-order valence-corrected chi connectivity index (χ2v) is 2.76. The van der Waals surface area contributed by atoms with Gasteiger partial charge >= 0.3 is 5.97 Å². The number of ether oxygens (including phenoxy) is 1. The highest BCUT2D eigenvalue weighted by molar-refractivity contribution is 5.86. The summed E-state index contributed by atoms with van der Waals surface area (Å²) in [5.74, 6) is -0.322. The van der Waals surface area contributed by atoms with Crippen LogP contribution < -0.4 is 0 Å². The molecule has 3 heteroatoms. The third-order valence-corrected chi connectivity index (χ3v) is 1.53. The molecule has 74 valence electrons. The molecular formula is C11H13NO2. The van der Waals surface area contributed by atoms with E-state index in [-0.39, 0.29) is 5.97 Å². The summed E-state index contributed by atoms with van der Waals surface area (Å²) in [6.45, 7) is 2.42. The van der Waals surface area contributed by atoms with Crippen molar-refractivity contribution < 1.29 is 9.53 Å². The van der Waals surface area contributed by atoms with Crippen LogP contribution in [0.15, 0.2) is 30.5 Å². The molecule has 0 radical (unpaired) electrons. The van der Waals surface area contributed by atoms with Crippen LogP contribution in [0.25, 0.3) is 6.08 Å². The van der Waals surface area contributed by atoms with Gasteiger partial charge in [-0.15, -0.1) is 0 Å². The molecule has 0 fully saturated rings. The molecule has 0 N–H and O–H groups in total. The van der Waals surface area contributed by atoms with Crippen molar-refractivity contribution in [3.8, 4) is 0 Å². The fourth-order valence-corrected chi connectivity index (χ4v) is 0.879. The largest absolute Gasteiger partial charge is 0.463 e. The predicted octanol–water partition coefficient (Wildman–Crippen LogP) is 2.05. The van der Waals surface area contributed by atoms with E-state index in [1.807, 2.05) is 25.1 Å². The van der Waals surface area contributed by atoms with Gasteiger partial charge in [-0.05, 0) is 24.6 Å². The standard InChI is InChI=1S/C11H13NO2/c1-2-9-14-11(13)7-6-10-5-3-4-8-12-10/h3-8H,2,9H2,1H3/b7-6+. The molecular weight excluding hydrogens is 178 g/mol. The first kappa shape index (κ1) is 10.4. The molecule has 1 aromatic rings. The lowest BCUT2D eigenvalue weighted by molar-refractivity contribution is -0.137. The van der Waals surface area contributed by atoms with Crippen LogP contribution >= 0.6 is 0 Å². The minimum absolute atomic E-state index is 0.322. The number of rotatable bonds is 4. The Morgan fingerprint density at radius 3 is 3.07 bits per heavy atom. The van der Waals surface area contributed by atoms with E-state index < -0.39 is 0 Å². The normalized spacial score (nSPS) is 10.4. The second-order valence-electron chi connectivity index (χ2n) is 2.76. The highest BCUT2D eigenvalue weighted by atomic mass is 16.5. The number of hydrogen-bond donors (Lipinski definition) is 0. The maximum atomic E-state index is 11.0. The highest BCUT2D eigenvalue weighted by Gasteiger charge is 1.94.